The van der Waals surface area contributed by atoms with Crippen molar-refractivity contribution >= 4 is 87.4 Å². The van der Waals surface area contributed by atoms with Gasteiger partial charge in [-0.25, -0.2) is 4.79 Å². The van der Waals surface area contributed by atoms with Gasteiger partial charge in [0, 0.05) is 24.8 Å². The molecule has 2 saturated heterocycles. The minimum atomic E-state index is -1.44. The van der Waals surface area contributed by atoms with E-state index in [1.165, 1.54) is 6.08 Å². The molecule has 0 aromatic heterocycles. The van der Waals surface area contributed by atoms with Crippen molar-refractivity contribution in [1.82, 2.24) is 0 Å². The molecule has 0 amide bonds. The molecule has 0 unspecified atom stereocenters. The molecule has 0 saturated carbocycles. The van der Waals surface area contributed by atoms with Crippen molar-refractivity contribution in [1.29, 1.82) is 0 Å². The largest absolute Gasteiger partial charge is 2.00 e. The maximum absolute atomic E-state index is 12.7. The van der Waals surface area contributed by atoms with Gasteiger partial charge in [0.05, 0.1) is 18.8 Å². The normalized spacial score (nSPS) is 28.9. The molecular formula is C26H40Ca2O9. The van der Waals surface area contributed by atoms with E-state index in [1.807, 2.05) is 6.92 Å². The molecule has 2 aliphatic rings. The molecule has 0 aromatic carbocycles. The van der Waals surface area contributed by atoms with Gasteiger partial charge >= 0.3 is 81.4 Å². The smallest absolute Gasteiger partial charge is 0.852 e. The molecule has 2 rings (SSSR count). The number of aliphatic carboxylic acids is 1. The van der Waals surface area contributed by atoms with Crippen LogP contribution in [0.3, 0.4) is 0 Å². The fourth-order valence-electron chi connectivity index (χ4n) is 4.54. The number of hydrogen-bond donors (Lipinski definition) is 0. The van der Waals surface area contributed by atoms with Crippen molar-refractivity contribution < 1.29 is 44.2 Å². The number of hydrogen-bond acceptors (Lipinski definition) is 9. The minimum absolute atomic E-state index is 0. The molecule has 0 radical (unpaired) electrons. The van der Waals surface area contributed by atoms with Gasteiger partial charge in [0.15, 0.2) is 0 Å². The minimum Gasteiger partial charge on any atom is -0.852 e. The van der Waals surface area contributed by atoms with E-state index in [1.54, 1.807) is 13.8 Å². The molecule has 2 aliphatic heterocycles. The molecule has 202 valence electrons. The van der Waals surface area contributed by atoms with Crippen LogP contribution in [0.2, 0.25) is 0 Å². The van der Waals surface area contributed by atoms with Gasteiger partial charge in [-0.05, 0) is 50.9 Å². The third-order valence-corrected chi connectivity index (χ3v) is 7.00. The van der Waals surface area contributed by atoms with E-state index in [0.717, 1.165) is 32.1 Å². The Morgan fingerprint density at radius 2 is 1.62 bits per heavy atom. The molecule has 9 nitrogen and oxygen atoms in total. The third-order valence-electron chi connectivity index (χ3n) is 7.00. The van der Waals surface area contributed by atoms with Crippen LogP contribution < -0.4 is 20.4 Å². The van der Waals surface area contributed by atoms with Crippen molar-refractivity contribution in [3.05, 3.63) is 11.6 Å². The van der Waals surface area contributed by atoms with Crippen LogP contribution >= 0.6 is 0 Å². The molecule has 8 atom stereocenters. The Morgan fingerprint density at radius 1 is 1.00 bits per heavy atom. The summed E-state index contributed by atoms with van der Waals surface area (Å²) >= 11 is 0. The number of carbonyl (C=O) groups is 2. The predicted octanol–water partition coefficient (Wildman–Crippen LogP) is -1.40. The summed E-state index contributed by atoms with van der Waals surface area (Å²) in [5.74, 6) is -2.07. The second-order valence-electron chi connectivity index (χ2n) is 10.1. The number of unbranched alkanes of at least 4 members (excludes halogenated alkanes) is 5. The number of carboxylic acid groups (broad SMARTS) is 1. The van der Waals surface area contributed by atoms with Gasteiger partial charge < -0.3 is 39.4 Å². The molecular weight excluding hydrogens is 536 g/mol. The fraction of sp³-hybridized carbons (Fsp3) is 0.846. The quantitative estimate of drug-likeness (QED) is 0.0708. The molecule has 0 aromatic rings. The van der Waals surface area contributed by atoms with Gasteiger partial charge in [-0.3, -0.25) is 0 Å². The summed E-state index contributed by atoms with van der Waals surface area (Å²) in [6.07, 6.45) is 2.47. The number of carbonyl (C=O) groups excluding carboxylic acids is 2. The second kappa shape index (κ2) is 20.0. The summed E-state index contributed by atoms with van der Waals surface area (Å²) in [6.45, 7) is 5.62. The van der Waals surface area contributed by atoms with Crippen LogP contribution in [0.4, 0.5) is 0 Å². The number of esters is 1. The number of ether oxygens (including phenoxy) is 3. The third kappa shape index (κ3) is 14.5. The van der Waals surface area contributed by atoms with Crippen molar-refractivity contribution in [3.8, 4) is 0 Å². The summed E-state index contributed by atoms with van der Waals surface area (Å²) < 4.78 is 16.5. The van der Waals surface area contributed by atoms with Crippen LogP contribution in [-0.2, 0) is 23.8 Å². The van der Waals surface area contributed by atoms with Crippen molar-refractivity contribution in [2.24, 2.45) is 11.8 Å². The fourth-order valence-corrected chi connectivity index (χ4v) is 4.54. The zero-order valence-corrected chi connectivity index (χ0v) is 27.0. The standard InChI is InChI=1S/C26H41O9.2Ca/c1-16(13-23(30)33-11-9-7-5-4-6-8-10-22(28)29)12-20-25(32)24(31)19(15-34-20)14-21-26(35-21)17(2)18(3)27;;/h13,17-21,24-26H,4-12,14-15H2,1-3H3,(H,28,29);;/q-3;2*+2/p-1/b16-13+;;/t17-,18-,19-,20-,21+,24+,25-,26-;;/m0../s1. The van der Waals surface area contributed by atoms with Gasteiger partial charge in [-0.15, -0.1) is 18.3 Å². The number of epoxide rings is 1. The molecule has 0 aliphatic carbocycles. The van der Waals surface area contributed by atoms with Crippen molar-refractivity contribution in [3.63, 3.8) is 0 Å². The zero-order chi connectivity index (χ0) is 26.0. The number of carboxylic acids is 1. The van der Waals surface area contributed by atoms with E-state index in [4.69, 9.17) is 14.2 Å². The van der Waals surface area contributed by atoms with E-state index < -0.39 is 42.3 Å². The van der Waals surface area contributed by atoms with Gasteiger partial charge in [-0.2, -0.15) is 0 Å². The molecule has 0 N–H and O–H groups in total. The molecule has 0 bridgehead atoms. The Bertz CT molecular complexity index is 704. The Balaban J connectivity index is 0.00000648. The Hall–Kier alpha value is 0.999. The summed E-state index contributed by atoms with van der Waals surface area (Å²) in [5.41, 5.74) is 0.628. The van der Waals surface area contributed by atoms with Crippen LogP contribution in [0.5, 0.6) is 0 Å². The van der Waals surface area contributed by atoms with E-state index in [0.29, 0.717) is 25.0 Å². The Labute approximate surface area is 280 Å². The van der Waals surface area contributed by atoms with Gasteiger partial charge in [-0.1, -0.05) is 45.1 Å². The van der Waals surface area contributed by atoms with Crippen LogP contribution in [0.15, 0.2) is 11.6 Å². The van der Waals surface area contributed by atoms with E-state index in [9.17, 15) is 30.0 Å². The topological polar surface area (TPSA) is 157 Å². The summed E-state index contributed by atoms with van der Waals surface area (Å²) in [7, 11) is 0. The SMILES string of the molecule is C/C(=C\C(=O)OCCCCCCCCC(=O)[O-])C[C@@H]1OC[C@H](C[C@H]2O[C@H]2[C@@H](C)[C@H](C)[O-])[C@@H]([O-])[C@H]1[O-].[Ca+2].[Ca+2]. The Morgan fingerprint density at radius 3 is 2.24 bits per heavy atom. The molecule has 2 heterocycles. The van der Waals surface area contributed by atoms with E-state index >= 15 is 0 Å². The first-order valence-corrected chi connectivity index (χ1v) is 12.9. The van der Waals surface area contributed by atoms with Gasteiger partial charge in [0.1, 0.15) is 0 Å². The predicted molar refractivity (Wildman–Crippen MR) is 131 cm³/mol. The first-order valence-electron chi connectivity index (χ1n) is 12.9. The van der Waals surface area contributed by atoms with Gasteiger partial charge in [0.2, 0.25) is 0 Å². The monoisotopic (exact) mass is 576 g/mol. The van der Waals surface area contributed by atoms with Crippen LogP contribution in [0.25, 0.3) is 0 Å². The summed E-state index contributed by atoms with van der Waals surface area (Å²) in [5, 5.41) is 47.2. The van der Waals surface area contributed by atoms with Crippen molar-refractivity contribution in [2.75, 3.05) is 13.2 Å². The first kappa shape index (κ1) is 38.0. The zero-order valence-electron chi connectivity index (χ0n) is 22.6. The first-order chi connectivity index (χ1) is 16.6. The summed E-state index contributed by atoms with van der Waals surface area (Å²) in [6, 6.07) is 0. The maximum Gasteiger partial charge on any atom is 2.00 e. The molecule has 11 heteroatoms. The molecule has 2 fully saturated rings. The molecule has 0 spiro atoms. The summed E-state index contributed by atoms with van der Waals surface area (Å²) in [4.78, 5) is 22.4. The Kier molecular flexibility index (Phi) is 20.5. The van der Waals surface area contributed by atoms with E-state index in [2.05, 4.69) is 0 Å². The van der Waals surface area contributed by atoms with Crippen LogP contribution in [0, 0.1) is 11.8 Å². The molecule has 37 heavy (non-hydrogen) atoms. The average molecular weight is 577 g/mol. The van der Waals surface area contributed by atoms with Crippen LogP contribution in [0.1, 0.15) is 78.6 Å². The van der Waals surface area contributed by atoms with Crippen LogP contribution in [-0.4, -0.2) is 137 Å². The van der Waals surface area contributed by atoms with E-state index in [-0.39, 0.29) is 113 Å². The van der Waals surface area contributed by atoms with Gasteiger partial charge in [0.25, 0.3) is 0 Å². The van der Waals surface area contributed by atoms with Crippen molar-refractivity contribution in [2.45, 2.75) is 115 Å². The number of rotatable bonds is 16. The second-order valence-corrected chi connectivity index (χ2v) is 10.1. The maximum atomic E-state index is 12.7. The average Bonchev–Trinajstić information content (AvgIpc) is 3.55.